The predicted octanol–water partition coefficient (Wildman–Crippen LogP) is 3.29. The summed E-state index contributed by atoms with van der Waals surface area (Å²) in [4.78, 5) is 78.0. The Morgan fingerprint density at radius 1 is 1.08 bits per heavy atom. The van der Waals surface area contributed by atoms with Crippen LogP contribution in [0.1, 0.15) is 36.0 Å². The van der Waals surface area contributed by atoms with Gasteiger partial charge in [0.25, 0.3) is 17.7 Å². The third-order valence-electron chi connectivity index (χ3n) is 6.92. The molecule has 1 atom stereocenters. The van der Waals surface area contributed by atoms with E-state index >= 15 is 0 Å². The minimum absolute atomic E-state index is 0.0170. The lowest BCUT2D eigenvalue weighted by Crippen LogP contribution is -2.39. The van der Waals surface area contributed by atoms with E-state index in [-0.39, 0.29) is 57.5 Å². The highest BCUT2D eigenvalue weighted by Crippen LogP contribution is 2.42. The summed E-state index contributed by atoms with van der Waals surface area (Å²) < 4.78 is 34.7. The number of hydrogen-bond acceptors (Lipinski definition) is 10. The van der Waals surface area contributed by atoms with Gasteiger partial charge in [0.05, 0.1) is 66.7 Å². The molecule has 2 aromatic carbocycles. The molecule has 0 spiro atoms. The molecule has 0 radical (unpaired) electrons. The van der Waals surface area contributed by atoms with Crippen LogP contribution >= 0.6 is 30.8 Å². The lowest BCUT2D eigenvalue weighted by Gasteiger charge is -2.29. The molecule has 15 nitrogen and oxygen atoms in total. The Morgan fingerprint density at radius 3 is 2.08 bits per heavy atom. The van der Waals surface area contributed by atoms with E-state index in [1.807, 2.05) is 5.32 Å². The van der Waals surface area contributed by atoms with Crippen molar-refractivity contribution in [3.63, 3.8) is 0 Å². The number of carbonyl (C=O) groups excluding carboxylic acids is 3. The van der Waals surface area contributed by atoms with Crippen LogP contribution in [-0.2, 0) is 34.6 Å². The molecule has 0 fully saturated rings. The van der Waals surface area contributed by atoms with Crippen LogP contribution in [0.3, 0.4) is 0 Å². The van der Waals surface area contributed by atoms with E-state index in [2.05, 4.69) is 24.7 Å². The first kappa shape index (κ1) is 45.0. The highest BCUT2D eigenvalue weighted by Gasteiger charge is 2.41. The van der Waals surface area contributed by atoms with E-state index in [0.29, 0.717) is 34.9 Å². The van der Waals surface area contributed by atoms with E-state index in [1.165, 1.54) is 30.2 Å². The van der Waals surface area contributed by atoms with Gasteiger partial charge < -0.3 is 34.0 Å². The molecular weight excluding hydrogens is 783 g/mol. The summed E-state index contributed by atoms with van der Waals surface area (Å²) in [5, 5.41) is 19.1. The molecule has 2 aliphatic heterocycles. The summed E-state index contributed by atoms with van der Waals surface area (Å²) >= 11 is 11.4. The number of halogens is 3. The Bertz CT molecular complexity index is 1830. The van der Waals surface area contributed by atoms with Crippen LogP contribution in [0.25, 0.3) is 0 Å². The van der Waals surface area contributed by atoms with Crippen LogP contribution in [0.5, 0.6) is 11.5 Å². The van der Waals surface area contributed by atoms with Crippen molar-refractivity contribution in [1.82, 2.24) is 5.32 Å². The Hall–Kier alpha value is -4.14. The van der Waals surface area contributed by atoms with E-state index in [0.717, 1.165) is 23.8 Å². The van der Waals surface area contributed by atoms with Gasteiger partial charge in [-0.05, 0) is 54.8 Å². The largest absolute Gasteiger partial charge is 0.778 e. The molecule has 288 valence electrons. The Balaban J connectivity index is 0.000000301. The van der Waals surface area contributed by atoms with E-state index in [9.17, 15) is 37.8 Å². The highest BCUT2D eigenvalue weighted by molar-refractivity contribution is 7.94. The van der Waals surface area contributed by atoms with Crippen LogP contribution in [0.4, 0.5) is 15.8 Å². The van der Waals surface area contributed by atoms with Crippen molar-refractivity contribution in [2.75, 3.05) is 61.7 Å². The smallest absolute Gasteiger partial charge is 0.341 e. The average Bonchev–Trinajstić information content (AvgIpc) is 3.31. The molecule has 2 heterocycles. The maximum Gasteiger partial charge on any atom is 0.341 e. The van der Waals surface area contributed by atoms with Gasteiger partial charge >= 0.3 is 11.9 Å². The second-order valence-corrected chi connectivity index (χ2v) is 16.3. The molecule has 0 bridgehead atoms. The summed E-state index contributed by atoms with van der Waals surface area (Å²) in [7, 11) is -2.37. The molecule has 5 rings (SSSR count). The number of nitrogens with zero attached hydrogens (tertiary/aromatic N) is 2. The Morgan fingerprint density at radius 2 is 1.62 bits per heavy atom. The fourth-order valence-electron chi connectivity index (χ4n) is 4.84. The van der Waals surface area contributed by atoms with Gasteiger partial charge in [0.15, 0.2) is 18.2 Å². The van der Waals surface area contributed by atoms with Crippen LogP contribution < -0.4 is 29.5 Å². The molecule has 2 aromatic rings. The number of carboxylic acid groups (broad SMARTS) is 2. The quantitative estimate of drug-likeness (QED) is 0.130. The number of nitrogens with one attached hydrogen (secondary N) is 1. The van der Waals surface area contributed by atoms with Gasteiger partial charge in [0.1, 0.15) is 18.9 Å². The van der Waals surface area contributed by atoms with Crippen molar-refractivity contribution < 1.29 is 62.4 Å². The topological polar surface area (TPSA) is 223 Å². The summed E-state index contributed by atoms with van der Waals surface area (Å²) in [5.41, 5.74) is 0.878. The molecule has 1 aliphatic carbocycles. The molecule has 0 saturated carbocycles. The summed E-state index contributed by atoms with van der Waals surface area (Å²) in [6.07, 6.45) is 13.9. The predicted molar refractivity (Wildman–Crippen MR) is 197 cm³/mol. The first-order chi connectivity index (χ1) is 24.7. The number of terminal acetylenes is 1. The van der Waals surface area contributed by atoms with Crippen LogP contribution in [-0.4, -0.2) is 96.6 Å². The van der Waals surface area contributed by atoms with Gasteiger partial charge in [-0.25, -0.2) is 14.1 Å². The van der Waals surface area contributed by atoms with Crippen molar-refractivity contribution in [3.8, 4) is 23.8 Å². The summed E-state index contributed by atoms with van der Waals surface area (Å²) in [5.74, 6) is -1.84. The van der Waals surface area contributed by atoms with Gasteiger partial charge in [-0.15, -0.1) is 6.42 Å². The fourth-order valence-corrected chi connectivity index (χ4v) is 5.70. The third-order valence-corrected chi connectivity index (χ3v) is 8.15. The Kier molecular flexibility index (Phi) is 17.3. The molecule has 1 unspecified atom stereocenters. The second kappa shape index (κ2) is 20.4. The SMILES string of the molecule is C#CCN1C(=O)COc2cc(F)c(N3C(=O)C4=C(CCCC4)C3=O)cc21.COc1c(Cl)ccc(Cl)c1C(=O)O.C[S+](C)C.O=C(O)CNCP(=O)([O-])O. The highest BCUT2D eigenvalue weighted by atomic mass is 35.5. The number of hydrogen-bond donors (Lipinski definition) is 4. The number of aliphatic carboxylic acids is 1. The molecule has 3 aliphatic rings. The number of imide groups is 1. The van der Waals surface area contributed by atoms with Gasteiger partial charge in [-0.2, -0.15) is 0 Å². The number of ether oxygens (including phenoxy) is 2. The Labute approximate surface area is 317 Å². The molecule has 0 saturated heterocycles. The van der Waals surface area contributed by atoms with Gasteiger partial charge in [-0.1, -0.05) is 29.1 Å². The van der Waals surface area contributed by atoms with Crippen molar-refractivity contribution in [2.24, 2.45) is 0 Å². The van der Waals surface area contributed by atoms with Gasteiger partial charge in [0.2, 0.25) is 0 Å². The van der Waals surface area contributed by atoms with Crippen LogP contribution in [0.15, 0.2) is 35.4 Å². The first-order valence-electron chi connectivity index (χ1n) is 15.3. The maximum atomic E-state index is 14.7. The monoisotopic (exact) mass is 819 g/mol. The van der Waals surface area contributed by atoms with Crippen LogP contribution in [0, 0.1) is 18.2 Å². The fraction of sp³-hybridized carbons (Fsp3) is 0.364. The van der Waals surface area contributed by atoms with Gasteiger partial charge in [0, 0.05) is 17.2 Å². The number of rotatable bonds is 8. The first-order valence-corrected chi connectivity index (χ1v) is 20.2. The molecule has 20 heteroatoms. The lowest BCUT2D eigenvalue weighted by molar-refractivity contribution is -0.193. The van der Waals surface area contributed by atoms with Crippen molar-refractivity contribution in [2.45, 2.75) is 25.7 Å². The number of amides is 3. The van der Waals surface area contributed by atoms with E-state index < -0.39 is 50.0 Å². The number of carboxylic acids is 2. The third kappa shape index (κ3) is 12.7. The normalized spacial score (nSPS) is 15.6. The van der Waals surface area contributed by atoms with E-state index in [1.54, 1.807) is 0 Å². The molecular formula is C33H37Cl2FN3O12PS. The van der Waals surface area contributed by atoms with Crippen molar-refractivity contribution in [1.29, 1.82) is 0 Å². The van der Waals surface area contributed by atoms with Gasteiger partial charge in [-0.3, -0.25) is 29.4 Å². The molecule has 3 amide bonds. The van der Waals surface area contributed by atoms with Crippen LogP contribution in [0.2, 0.25) is 10.0 Å². The zero-order chi connectivity index (χ0) is 40.2. The molecule has 53 heavy (non-hydrogen) atoms. The zero-order valence-electron chi connectivity index (χ0n) is 28.9. The molecule has 4 N–H and O–H groups in total. The number of anilines is 2. The number of benzene rings is 2. The summed E-state index contributed by atoms with van der Waals surface area (Å²) in [6, 6.07) is 5.26. The number of aromatic carboxylic acids is 1. The standard InChI is InChI=1S/C19H15FN2O4.C8H6Cl2O3.C3H8NO5P.C3H9S/c1-2-7-21-15-9-14(13(20)8-16(15)26-10-17(21)23)22-18(24)11-5-3-4-6-12(11)19(22)25;1-13-7-5(10)3-2-4(9)6(7)8(11)12;5-3(6)1-4-2-10(7,8)9;1-4(2)3/h1,8-9H,3-7,10H2;2-3H,1H3,(H,11,12);4H,1-2H2,(H,5,6)(H2,7,8,9);1-3H3/q;;;+1/p-1. The number of fused-ring (bicyclic) bond motifs is 1. The van der Waals surface area contributed by atoms with E-state index in [4.69, 9.17) is 54.2 Å². The van der Waals surface area contributed by atoms with Crippen molar-refractivity contribution in [3.05, 3.63) is 56.8 Å². The minimum atomic E-state index is -4.35. The second-order valence-electron chi connectivity index (χ2n) is 11.4. The van der Waals surface area contributed by atoms with Crippen molar-refractivity contribution >= 4 is 82.7 Å². The molecule has 0 aromatic heterocycles. The lowest BCUT2D eigenvalue weighted by atomic mass is 9.93. The number of methoxy groups -OCH3 is 1. The number of carbonyl (C=O) groups is 5. The average molecular weight is 821 g/mol. The minimum Gasteiger partial charge on any atom is -0.778 e. The zero-order valence-corrected chi connectivity index (χ0v) is 32.2. The summed E-state index contributed by atoms with van der Waals surface area (Å²) in [6.45, 7) is -0.741. The maximum absolute atomic E-state index is 14.7.